The lowest BCUT2D eigenvalue weighted by Gasteiger charge is -2.03. The Bertz CT molecular complexity index is 365. The molecule has 2 rings (SSSR count). The molecule has 1 aromatic carbocycles. The van der Waals surface area contributed by atoms with E-state index in [1.54, 1.807) is 10.8 Å². The van der Waals surface area contributed by atoms with Gasteiger partial charge < -0.3 is 5.73 Å². The fourth-order valence-corrected chi connectivity index (χ4v) is 1.07. The van der Waals surface area contributed by atoms with E-state index in [-0.39, 0.29) is 0 Å². The Kier molecular flexibility index (Phi) is 1.55. The fourth-order valence-electron chi connectivity index (χ4n) is 1.07. The Morgan fingerprint density at radius 2 is 2.17 bits per heavy atom. The van der Waals surface area contributed by atoms with Crippen LogP contribution in [0.15, 0.2) is 36.7 Å². The van der Waals surface area contributed by atoms with Crippen LogP contribution in [0, 0.1) is 6.33 Å². The van der Waals surface area contributed by atoms with Gasteiger partial charge in [0.2, 0.25) is 0 Å². The van der Waals surface area contributed by atoms with Crippen molar-refractivity contribution in [2.24, 2.45) is 0 Å². The molecule has 1 heterocycles. The molecule has 1 radical (unpaired) electrons. The number of anilines is 1. The van der Waals surface area contributed by atoms with Crippen LogP contribution in [0.5, 0.6) is 0 Å². The molecule has 1 aromatic heterocycles. The molecule has 0 saturated carbocycles. The summed E-state index contributed by atoms with van der Waals surface area (Å²) < 4.78 is 1.76. The van der Waals surface area contributed by atoms with E-state index in [0.717, 1.165) is 11.4 Å². The molecule has 0 fully saturated rings. The summed E-state index contributed by atoms with van der Waals surface area (Å²) >= 11 is 0. The van der Waals surface area contributed by atoms with Crippen LogP contribution < -0.4 is 5.73 Å². The van der Waals surface area contributed by atoms with Gasteiger partial charge in [-0.05, 0) is 12.1 Å². The summed E-state index contributed by atoms with van der Waals surface area (Å²) in [5.74, 6) is 0. The van der Waals surface area contributed by atoms with Crippen molar-refractivity contribution in [2.45, 2.75) is 0 Å². The summed E-state index contributed by atoms with van der Waals surface area (Å²) in [5, 5.41) is 0. The first-order chi connectivity index (χ1) is 5.88. The molecular formula is C9H8N3. The number of imidazole rings is 1. The van der Waals surface area contributed by atoms with Crippen molar-refractivity contribution in [3.63, 3.8) is 0 Å². The van der Waals surface area contributed by atoms with E-state index in [1.165, 1.54) is 0 Å². The second-order valence-corrected chi connectivity index (χ2v) is 2.46. The highest BCUT2D eigenvalue weighted by Crippen LogP contribution is 2.14. The van der Waals surface area contributed by atoms with Crippen molar-refractivity contribution in [1.29, 1.82) is 0 Å². The lowest BCUT2D eigenvalue weighted by molar-refractivity contribution is 1.05. The first kappa shape index (κ1) is 6.91. The second kappa shape index (κ2) is 2.70. The highest BCUT2D eigenvalue weighted by molar-refractivity contribution is 5.57. The first-order valence-electron chi connectivity index (χ1n) is 3.64. The summed E-state index contributed by atoms with van der Waals surface area (Å²) in [6.07, 6.45) is 6.27. The van der Waals surface area contributed by atoms with E-state index in [4.69, 9.17) is 5.73 Å². The molecule has 0 aliphatic carbocycles. The molecule has 0 aliphatic rings. The van der Waals surface area contributed by atoms with E-state index >= 15 is 0 Å². The zero-order valence-electron chi connectivity index (χ0n) is 6.44. The lowest BCUT2D eigenvalue weighted by atomic mass is 10.3. The Hall–Kier alpha value is -1.77. The van der Waals surface area contributed by atoms with E-state index in [2.05, 4.69) is 11.3 Å². The standard InChI is InChI=1S/C9H8N3/c10-8-3-1-2-4-9(8)12-6-5-11-7-12/h1-6H,10H2. The van der Waals surface area contributed by atoms with Crippen LogP contribution in [0.2, 0.25) is 0 Å². The monoisotopic (exact) mass is 158 g/mol. The molecule has 2 N–H and O–H groups in total. The zero-order chi connectivity index (χ0) is 8.39. The van der Waals surface area contributed by atoms with Gasteiger partial charge >= 0.3 is 0 Å². The molecule has 0 atom stereocenters. The topological polar surface area (TPSA) is 43.8 Å². The molecule has 0 spiro atoms. The molecule has 2 aromatic rings. The van der Waals surface area contributed by atoms with Gasteiger partial charge in [0.15, 0.2) is 6.33 Å². The molecule has 59 valence electrons. The van der Waals surface area contributed by atoms with Crippen molar-refractivity contribution < 1.29 is 0 Å². The number of nitrogen functional groups attached to an aromatic ring is 1. The Morgan fingerprint density at radius 3 is 2.83 bits per heavy atom. The Balaban J connectivity index is 2.55. The van der Waals surface area contributed by atoms with Gasteiger partial charge in [-0.25, -0.2) is 4.98 Å². The normalized spacial score (nSPS) is 10.0. The van der Waals surface area contributed by atoms with Gasteiger partial charge in [0.05, 0.1) is 11.4 Å². The molecule has 3 heteroatoms. The van der Waals surface area contributed by atoms with Crippen LogP contribution >= 0.6 is 0 Å². The second-order valence-electron chi connectivity index (χ2n) is 2.46. The first-order valence-corrected chi connectivity index (χ1v) is 3.64. The number of aromatic nitrogens is 2. The third kappa shape index (κ3) is 1.05. The minimum absolute atomic E-state index is 0.728. The number of para-hydroxylation sites is 2. The molecular weight excluding hydrogens is 150 g/mol. The largest absolute Gasteiger partial charge is 0.397 e. The molecule has 12 heavy (non-hydrogen) atoms. The van der Waals surface area contributed by atoms with Crippen LogP contribution in [0.25, 0.3) is 5.69 Å². The fraction of sp³-hybridized carbons (Fsp3) is 0. The van der Waals surface area contributed by atoms with Gasteiger partial charge in [-0.3, -0.25) is 4.57 Å². The van der Waals surface area contributed by atoms with Crippen LogP contribution in [-0.2, 0) is 0 Å². The molecule has 0 saturated heterocycles. The predicted molar refractivity (Wildman–Crippen MR) is 46.8 cm³/mol. The van der Waals surface area contributed by atoms with Gasteiger partial charge in [-0.2, -0.15) is 0 Å². The Morgan fingerprint density at radius 1 is 1.33 bits per heavy atom. The van der Waals surface area contributed by atoms with Crippen molar-refractivity contribution in [3.8, 4) is 5.69 Å². The summed E-state index contributed by atoms with van der Waals surface area (Å²) in [6.45, 7) is 0. The molecule has 0 aliphatic heterocycles. The average Bonchev–Trinajstić information content (AvgIpc) is 2.57. The summed E-state index contributed by atoms with van der Waals surface area (Å²) in [6, 6.07) is 7.60. The van der Waals surface area contributed by atoms with Gasteiger partial charge in [-0.15, -0.1) is 0 Å². The highest BCUT2D eigenvalue weighted by atomic mass is 15.0. The maximum atomic E-state index is 5.74. The van der Waals surface area contributed by atoms with E-state index < -0.39 is 0 Å². The highest BCUT2D eigenvalue weighted by Gasteiger charge is 1.98. The Labute approximate surface area is 70.5 Å². The van der Waals surface area contributed by atoms with Gasteiger partial charge in [0.25, 0.3) is 0 Å². The van der Waals surface area contributed by atoms with E-state index in [0.29, 0.717) is 0 Å². The van der Waals surface area contributed by atoms with Gasteiger partial charge in [0.1, 0.15) is 0 Å². The van der Waals surface area contributed by atoms with Gasteiger partial charge in [0, 0.05) is 12.4 Å². The summed E-state index contributed by atoms with van der Waals surface area (Å²) in [4.78, 5) is 3.82. The van der Waals surface area contributed by atoms with Crippen molar-refractivity contribution in [2.75, 3.05) is 5.73 Å². The smallest absolute Gasteiger partial charge is 0.181 e. The zero-order valence-corrected chi connectivity index (χ0v) is 6.44. The van der Waals surface area contributed by atoms with E-state index in [1.807, 2.05) is 30.5 Å². The van der Waals surface area contributed by atoms with Gasteiger partial charge in [-0.1, -0.05) is 12.1 Å². The minimum Gasteiger partial charge on any atom is -0.397 e. The number of hydrogen-bond donors (Lipinski definition) is 1. The van der Waals surface area contributed by atoms with Crippen LogP contribution in [-0.4, -0.2) is 9.55 Å². The molecule has 3 nitrogen and oxygen atoms in total. The van der Waals surface area contributed by atoms with Crippen LogP contribution in [0.1, 0.15) is 0 Å². The average molecular weight is 158 g/mol. The van der Waals surface area contributed by atoms with E-state index in [9.17, 15) is 0 Å². The molecule has 0 amide bonds. The van der Waals surface area contributed by atoms with Crippen molar-refractivity contribution >= 4 is 5.69 Å². The van der Waals surface area contributed by atoms with Crippen molar-refractivity contribution in [1.82, 2.24) is 9.55 Å². The summed E-state index contributed by atoms with van der Waals surface area (Å²) in [7, 11) is 0. The molecule has 0 bridgehead atoms. The molecule has 0 unspecified atom stereocenters. The third-order valence-corrected chi connectivity index (χ3v) is 1.65. The quantitative estimate of drug-likeness (QED) is 0.635. The SMILES string of the molecule is Nc1ccccc1-n1[c]ncc1. The van der Waals surface area contributed by atoms with Crippen LogP contribution in [0.3, 0.4) is 0 Å². The maximum absolute atomic E-state index is 5.74. The number of nitrogens with two attached hydrogens (primary N) is 1. The lowest BCUT2D eigenvalue weighted by Crippen LogP contribution is -1.96. The number of rotatable bonds is 1. The third-order valence-electron chi connectivity index (χ3n) is 1.65. The number of benzene rings is 1. The summed E-state index contributed by atoms with van der Waals surface area (Å²) in [5.41, 5.74) is 7.38. The van der Waals surface area contributed by atoms with Crippen molar-refractivity contribution in [3.05, 3.63) is 43.0 Å². The minimum atomic E-state index is 0.728. The van der Waals surface area contributed by atoms with Crippen LogP contribution in [0.4, 0.5) is 5.69 Å². The predicted octanol–water partition coefficient (Wildman–Crippen LogP) is 1.25. The number of hydrogen-bond acceptors (Lipinski definition) is 2. The number of nitrogens with zero attached hydrogens (tertiary/aromatic N) is 2. The maximum Gasteiger partial charge on any atom is 0.181 e.